The van der Waals surface area contributed by atoms with Crippen LogP contribution in [-0.2, 0) is 17.5 Å². The first-order valence-electron chi connectivity index (χ1n) is 8.82. The van der Waals surface area contributed by atoms with Gasteiger partial charge in [0, 0.05) is 5.69 Å². The van der Waals surface area contributed by atoms with Crippen molar-refractivity contribution in [3.63, 3.8) is 0 Å². The van der Waals surface area contributed by atoms with E-state index in [9.17, 15) is 22.4 Å². The topological polar surface area (TPSA) is 85.8 Å². The number of carbonyl (C=O) groups excluding carboxylic acids is 1. The predicted molar refractivity (Wildman–Crippen MR) is 104 cm³/mol. The molecule has 12 heteroatoms. The van der Waals surface area contributed by atoms with Crippen molar-refractivity contribution >= 4 is 34.4 Å². The number of halogens is 4. The molecule has 7 nitrogen and oxygen atoms in total. The third-order valence-corrected chi connectivity index (χ3v) is 4.92. The van der Waals surface area contributed by atoms with E-state index < -0.39 is 23.7 Å². The van der Waals surface area contributed by atoms with Crippen LogP contribution in [0.2, 0.25) is 0 Å². The van der Waals surface area contributed by atoms with Crippen LogP contribution in [0.3, 0.4) is 0 Å². The molecule has 2 aromatic heterocycles. The quantitative estimate of drug-likeness (QED) is 0.346. The van der Waals surface area contributed by atoms with E-state index in [0.717, 1.165) is 16.3 Å². The molecule has 0 radical (unpaired) electrons. The molecule has 31 heavy (non-hydrogen) atoms. The number of aromatic nitrogens is 4. The minimum Gasteiger partial charge on any atom is -0.414 e. The van der Waals surface area contributed by atoms with Crippen LogP contribution in [0.4, 0.5) is 23.2 Å². The number of carbonyl (C=O) groups is 1. The van der Waals surface area contributed by atoms with E-state index in [1.807, 2.05) is 0 Å². The van der Waals surface area contributed by atoms with Gasteiger partial charge in [-0.1, -0.05) is 23.9 Å². The minimum atomic E-state index is -4.66. The molecule has 0 aliphatic rings. The van der Waals surface area contributed by atoms with E-state index >= 15 is 0 Å². The first kappa shape index (κ1) is 20.8. The van der Waals surface area contributed by atoms with Crippen LogP contribution in [0, 0.1) is 5.82 Å². The number of nitrogens with zero attached hydrogens (tertiary/aromatic N) is 4. The number of thioether (sulfide) groups is 1. The van der Waals surface area contributed by atoms with Gasteiger partial charge in [-0.3, -0.25) is 4.79 Å². The van der Waals surface area contributed by atoms with Gasteiger partial charge in [0.1, 0.15) is 12.4 Å². The number of benzene rings is 2. The Balaban J connectivity index is 1.44. The average molecular weight is 451 g/mol. The lowest BCUT2D eigenvalue weighted by molar-refractivity contribution is -0.146. The molecule has 1 amide bonds. The van der Waals surface area contributed by atoms with Gasteiger partial charge in [0.2, 0.25) is 17.6 Å². The summed E-state index contributed by atoms with van der Waals surface area (Å²) in [4.78, 5) is 15.6. The molecule has 0 aliphatic carbocycles. The number of rotatable bonds is 6. The molecule has 0 aliphatic heterocycles. The van der Waals surface area contributed by atoms with Gasteiger partial charge in [-0.25, -0.2) is 9.37 Å². The number of alkyl halides is 3. The Morgan fingerprint density at radius 3 is 2.58 bits per heavy atom. The summed E-state index contributed by atoms with van der Waals surface area (Å²) in [7, 11) is 0. The van der Waals surface area contributed by atoms with Crippen LogP contribution < -0.4 is 5.32 Å². The summed E-state index contributed by atoms with van der Waals surface area (Å²) in [6.07, 6.45) is -4.66. The van der Waals surface area contributed by atoms with Gasteiger partial charge in [-0.15, -0.1) is 10.2 Å². The van der Waals surface area contributed by atoms with E-state index in [1.54, 1.807) is 12.1 Å². The summed E-state index contributed by atoms with van der Waals surface area (Å²) in [5.41, 5.74) is 0.896. The molecule has 4 aromatic rings. The Hall–Kier alpha value is -3.41. The fourth-order valence-corrected chi connectivity index (χ4v) is 3.39. The van der Waals surface area contributed by atoms with Crippen LogP contribution in [0.1, 0.15) is 11.7 Å². The van der Waals surface area contributed by atoms with Crippen molar-refractivity contribution in [3.8, 4) is 0 Å². The molecule has 4 rings (SSSR count). The first-order valence-corrected chi connectivity index (χ1v) is 9.81. The van der Waals surface area contributed by atoms with Crippen molar-refractivity contribution in [1.82, 2.24) is 19.7 Å². The maximum Gasteiger partial charge on any atom is 0.449 e. The Morgan fingerprint density at radius 2 is 1.84 bits per heavy atom. The van der Waals surface area contributed by atoms with Crippen LogP contribution in [-0.4, -0.2) is 31.4 Å². The van der Waals surface area contributed by atoms with Gasteiger partial charge in [0.05, 0.1) is 16.8 Å². The fraction of sp³-hybridized carbons (Fsp3) is 0.158. The molecular weight excluding hydrogens is 438 g/mol. The lowest BCUT2D eigenvalue weighted by Crippen LogP contribution is -2.15. The molecule has 0 saturated heterocycles. The molecule has 0 fully saturated rings. The van der Waals surface area contributed by atoms with Crippen molar-refractivity contribution in [2.24, 2.45) is 0 Å². The number of imidazole rings is 1. The first-order chi connectivity index (χ1) is 14.8. The number of hydrogen-bond donors (Lipinski definition) is 1. The normalized spacial score (nSPS) is 11.7. The summed E-state index contributed by atoms with van der Waals surface area (Å²) >= 11 is 0.924. The molecule has 0 saturated carbocycles. The number of fused-ring (bicyclic) bond motifs is 1. The van der Waals surface area contributed by atoms with Gasteiger partial charge in [0.25, 0.3) is 5.22 Å². The number of hydrogen-bond acceptors (Lipinski definition) is 6. The second kappa shape index (κ2) is 8.38. The third kappa shape index (κ3) is 4.85. The van der Waals surface area contributed by atoms with Gasteiger partial charge in [-0.2, -0.15) is 13.2 Å². The monoisotopic (exact) mass is 451 g/mol. The molecule has 1 N–H and O–H groups in total. The van der Waals surface area contributed by atoms with Gasteiger partial charge in [-0.05, 0) is 36.4 Å². The second-order valence-corrected chi connectivity index (χ2v) is 7.24. The summed E-state index contributed by atoms with van der Waals surface area (Å²) < 4.78 is 59.4. The zero-order valence-electron chi connectivity index (χ0n) is 15.6. The fourth-order valence-electron chi connectivity index (χ4n) is 2.81. The van der Waals surface area contributed by atoms with E-state index in [0.29, 0.717) is 5.69 Å². The number of anilines is 1. The van der Waals surface area contributed by atoms with Crippen molar-refractivity contribution in [3.05, 3.63) is 66.1 Å². The van der Waals surface area contributed by atoms with Crippen LogP contribution in [0.25, 0.3) is 11.0 Å². The molecule has 0 bridgehead atoms. The van der Waals surface area contributed by atoms with Crippen LogP contribution in [0.5, 0.6) is 0 Å². The molecule has 0 atom stereocenters. The number of amides is 1. The SMILES string of the molecule is O=C(CSc1nnc(Cn2c(C(F)(F)F)nc3ccccc32)o1)Nc1ccc(F)cc1. The number of para-hydroxylation sites is 2. The van der Waals surface area contributed by atoms with Gasteiger partial charge >= 0.3 is 6.18 Å². The largest absolute Gasteiger partial charge is 0.449 e. The molecule has 2 heterocycles. The highest BCUT2D eigenvalue weighted by molar-refractivity contribution is 7.99. The molecule has 0 spiro atoms. The standard InChI is InChI=1S/C19H13F4N5O2S/c20-11-5-7-12(8-6-11)24-15(29)10-31-18-27-26-16(30-18)9-28-14-4-2-1-3-13(14)25-17(28)19(21,22)23/h1-8H,9-10H2,(H,24,29). The van der Waals surface area contributed by atoms with Crippen molar-refractivity contribution in [2.75, 3.05) is 11.1 Å². The van der Waals surface area contributed by atoms with Crippen LogP contribution in [0.15, 0.2) is 58.2 Å². The smallest absolute Gasteiger partial charge is 0.414 e. The van der Waals surface area contributed by atoms with Crippen molar-refractivity contribution in [1.29, 1.82) is 0 Å². The molecule has 0 unspecified atom stereocenters. The maximum atomic E-state index is 13.4. The van der Waals surface area contributed by atoms with Gasteiger partial charge in [0.15, 0.2) is 0 Å². The zero-order chi connectivity index (χ0) is 22.0. The summed E-state index contributed by atoms with van der Waals surface area (Å²) in [5.74, 6) is -2.03. The minimum absolute atomic E-state index is 0.0298. The van der Waals surface area contributed by atoms with E-state index in [-0.39, 0.29) is 34.4 Å². The lowest BCUT2D eigenvalue weighted by Gasteiger charge is -2.09. The van der Waals surface area contributed by atoms with Gasteiger partial charge < -0.3 is 14.3 Å². The van der Waals surface area contributed by atoms with Crippen LogP contribution >= 0.6 is 11.8 Å². The maximum absolute atomic E-state index is 13.4. The van der Waals surface area contributed by atoms with E-state index in [2.05, 4.69) is 20.5 Å². The Kier molecular flexibility index (Phi) is 5.63. The van der Waals surface area contributed by atoms with E-state index in [1.165, 1.54) is 36.4 Å². The predicted octanol–water partition coefficient (Wildman–Crippen LogP) is 4.36. The third-order valence-electron chi connectivity index (χ3n) is 4.10. The highest BCUT2D eigenvalue weighted by Gasteiger charge is 2.38. The zero-order valence-corrected chi connectivity index (χ0v) is 16.4. The number of nitrogens with one attached hydrogen (secondary N) is 1. The average Bonchev–Trinajstić information content (AvgIpc) is 3.33. The summed E-state index contributed by atoms with van der Waals surface area (Å²) in [5, 5.41) is 10.1. The Labute approximate surface area is 176 Å². The molecule has 2 aromatic carbocycles. The summed E-state index contributed by atoms with van der Waals surface area (Å²) in [6, 6.07) is 11.4. The Bertz CT molecular complexity index is 1220. The van der Waals surface area contributed by atoms with Crippen molar-refractivity contribution in [2.45, 2.75) is 17.9 Å². The highest BCUT2D eigenvalue weighted by atomic mass is 32.2. The Morgan fingerprint density at radius 1 is 1.10 bits per heavy atom. The second-order valence-electron chi connectivity index (χ2n) is 6.31. The van der Waals surface area contributed by atoms with E-state index in [4.69, 9.17) is 4.42 Å². The summed E-state index contributed by atoms with van der Waals surface area (Å²) in [6.45, 7) is -0.329. The molecular formula is C19H13F4N5O2S. The molecule has 160 valence electrons. The van der Waals surface area contributed by atoms with Crippen molar-refractivity contribution < 1.29 is 26.8 Å². The highest BCUT2D eigenvalue weighted by Crippen LogP contribution is 2.32. The lowest BCUT2D eigenvalue weighted by atomic mass is 10.3.